The van der Waals surface area contributed by atoms with E-state index in [0.29, 0.717) is 16.4 Å². The summed E-state index contributed by atoms with van der Waals surface area (Å²) in [6, 6.07) is 1.29. The Morgan fingerprint density at radius 1 is 1.55 bits per heavy atom. The molecule has 1 atom stereocenters. The second-order valence-electron chi connectivity index (χ2n) is 4.99. The van der Waals surface area contributed by atoms with Gasteiger partial charge in [-0.2, -0.15) is 0 Å². The Morgan fingerprint density at radius 3 is 2.90 bits per heavy atom. The third-order valence-electron chi connectivity index (χ3n) is 3.80. The van der Waals surface area contributed by atoms with Gasteiger partial charge in [0.2, 0.25) is 5.43 Å². The molecule has 0 saturated carbocycles. The Balaban J connectivity index is 2.57. The highest BCUT2D eigenvalue weighted by Crippen LogP contribution is 2.35. The summed E-state index contributed by atoms with van der Waals surface area (Å²) < 4.78 is 16.2. The van der Waals surface area contributed by atoms with Gasteiger partial charge in [0, 0.05) is 17.6 Å². The van der Waals surface area contributed by atoms with Crippen molar-refractivity contribution in [1.29, 1.82) is 0 Å². The van der Waals surface area contributed by atoms with Gasteiger partial charge in [0.1, 0.15) is 5.82 Å². The SMILES string of the molecule is CC1CCc2c(Br)c(F)cc3c(=O)c(C(=O)Cl)cn1c23. The molecule has 0 amide bonds. The van der Waals surface area contributed by atoms with Gasteiger partial charge >= 0.3 is 0 Å². The van der Waals surface area contributed by atoms with E-state index in [9.17, 15) is 14.0 Å². The summed E-state index contributed by atoms with van der Waals surface area (Å²) in [5.74, 6) is -0.495. The lowest BCUT2D eigenvalue weighted by Crippen LogP contribution is -2.23. The Bertz CT molecular complexity index is 815. The molecule has 0 fully saturated rings. The van der Waals surface area contributed by atoms with Gasteiger partial charge < -0.3 is 4.57 Å². The minimum Gasteiger partial charge on any atom is -0.343 e. The van der Waals surface area contributed by atoms with Crippen LogP contribution in [0.3, 0.4) is 0 Å². The van der Waals surface area contributed by atoms with E-state index in [4.69, 9.17) is 11.6 Å². The number of aryl methyl sites for hydroxylation is 1. The standard InChI is InChI=1S/C14H10BrClFNO2/c1-6-2-3-7-11(15)10(17)4-8-12(7)18(6)5-9(13(8)19)14(16)20/h4-6H,2-3H2,1H3. The fourth-order valence-electron chi connectivity index (χ4n) is 2.75. The van der Waals surface area contributed by atoms with Gasteiger partial charge in [-0.15, -0.1) is 0 Å². The van der Waals surface area contributed by atoms with Crippen LogP contribution in [0, 0.1) is 5.82 Å². The summed E-state index contributed by atoms with van der Waals surface area (Å²) in [7, 11) is 0. The summed E-state index contributed by atoms with van der Waals surface area (Å²) in [6.07, 6.45) is 2.98. The van der Waals surface area contributed by atoms with Crippen LogP contribution >= 0.6 is 27.5 Å². The number of nitrogens with zero attached hydrogens (tertiary/aromatic N) is 1. The fraction of sp³-hybridized carbons (Fsp3) is 0.286. The molecule has 3 rings (SSSR count). The van der Waals surface area contributed by atoms with Crippen LogP contribution in [0.5, 0.6) is 0 Å². The minimum atomic E-state index is -0.816. The van der Waals surface area contributed by atoms with Gasteiger partial charge in [-0.3, -0.25) is 9.59 Å². The molecule has 0 aliphatic carbocycles. The molecular weight excluding hydrogens is 349 g/mol. The number of benzene rings is 1. The first-order valence-electron chi connectivity index (χ1n) is 6.17. The third kappa shape index (κ3) is 1.84. The van der Waals surface area contributed by atoms with E-state index < -0.39 is 16.5 Å². The molecule has 0 N–H and O–H groups in total. The normalized spacial score (nSPS) is 17.5. The number of carbonyl (C=O) groups is 1. The van der Waals surface area contributed by atoms with Crippen molar-refractivity contribution in [3.63, 3.8) is 0 Å². The largest absolute Gasteiger partial charge is 0.343 e. The highest BCUT2D eigenvalue weighted by molar-refractivity contribution is 9.10. The maximum Gasteiger partial charge on any atom is 0.257 e. The van der Waals surface area contributed by atoms with Gasteiger partial charge in [0.15, 0.2) is 0 Å². The first-order chi connectivity index (χ1) is 9.41. The summed E-state index contributed by atoms with van der Waals surface area (Å²) in [5, 5.41) is -0.609. The number of carbonyl (C=O) groups excluding carboxylic acids is 1. The van der Waals surface area contributed by atoms with E-state index in [1.165, 1.54) is 12.3 Å². The molecule has 1 unspecified atom stereocenters. The lowest BCUT2D eigenvalue weighted by molar-refractivity contribution is 0.108. The van der Waals surface area contributed by atoms with Crippen LogP contribution in [0.2, 0.25) is 0 Å². The highest BCUT2D eigenvalue weighted by atomic mass is 79.9. The van der Waals surface area contributed by atoms with Crippen LogP contribution < -0.4 is 5.43 Å². The number of hydrogen-bond donors (Lipinski definition) is 0. The van der Waals surface area contributed by atoms with Crippen LogP contribution in [-0.2, 0) is 6.42 Å². The Labute approximate surface area is 127 Å². The average Bonchev–Trinajstić information content (AvgIpc) is 2.39. The molecule has 1 aliphatic rings. The molecule has 1 aromatic carbocycles. The predicted octanol–water partition coefficient (Wildman–Crippen LogP) is 3.79. The van der Waals surface area contributed by atoms with Crippen LogP contribution in [0.4, 0.5) is 4.39 Å². The van der Waals surface area contributed by atoms with Crippen molar-refractivity contribution in [3.8, 4) is 0 Å². The molecule has 0 bridgehead atoms. The van der Waals surface area contributed by atoms with Crippen molar-refractivity contribution >= 4 is 43.7 Å². The van der Waals surface area contributed by atoms with Gasteiger partial charge in [0.25, 0.3) is 5.24 Å². The molecule has 20 heavy (non-hydrogen) atoms. The van der Waals surface area contributed by atoms with Crippen molar-refractivity contribution in [2.75, 3.05) is 0 Å². The molecule has 0 saturated heterocycles. The van der Waals surface area contributed by atoms with Crippen molar-refractivity contribution in [3.05, 3.63) is 43.9 Å². The first-order valence-corrected chi connectivity index (χ1v) is 7.34. The minimum absolute atomic E-state index is 0.111. The molecule has 104 valence electrons. The lowest BCUT2D eigenvalue weighted by Gasteiger charge is -2.27. The van der Waals surface area contributed by atoms with E-state index in [2.05, 4.69) is 15.9 Å². The second-order valence-corrected chi connectivity index (χ2v) is 6.12. The quantitative estimate of drug-likeness (QED) is 0.728. The fourth-order valence-corrected chi connectivity index (χ4v) is 3.39. The molecule has 3 nitrogen and oxygen atoms in total. The van der Waals surface area contributed by atoms with Crippen molar-refractivity contribution in [1.82, 2.24) is 4.57 Å². The maximum absolute atomic E-state index is 13.9. The summed E-state index contributed by atoms with van der Waals surface area (Å²) in [6.45, 7) is 1.99. The van der Waals surface area contributed by atoms with E-state index in [0.717, 1.165) is 12.0 Å². The van der Waals surface area contributed by atoms with E-state index in [1.54, 1.807) is 0 Å². The molecule has 0 spiro atoms. The summed E-state index contributed by atoms with van der Waals surface area (Å²) in [5.41, 5.74) is 0.825. The number of hydrogen-bond acceptors (Lipinski definition) is 2. The Morgan fingerprint density at radius 2 is 2.25 bits per heavy atom. The van der Waals surface area contributed by atoms with Crippen LogP contribution in [0.1, 0.15) is 35.3 Å². The van der Waals surface area contributed by atoms with Gasteiger partial charge in [-0.05, 0) is 58.9 Å². The molecule has 0 radical (unpaired) electrons. The van der Waals surface area contributed by atoms with E-state index in [1.807, 2.05) is 11.5 Å². The second kappa shape index (κ2) is 4.67. The topological polar surface area (TPSA) is 39.1 Å². The first kappa shape index (κ1) is 13.8. The van der Waals surface area contributed by atoms with Crippen LogP contribution in [0.25, 0.3) is 10.9 Å². The number of pyridine rings is 1. The maximum atomic E-state index is 13.9. The highest BCUT2D eigenvalue weighted by Gasteiger charge is 2.25. The molecule has 2 heterocycles. The molecule has 1 aliphatic heterocycles. The number of aromatic nitrogens is 1. The monoisotopic (exact) mass is 357 g/mol. The summed E-state index contributed by atoms with van der Waals surface area (Å²) >= 11 is 8.70. The number of rotatable bonds is 1. The van der Waals surface area contributed by atoms with Gasteiger partial charge in [0.05, 0.1) is 15.6 Å². The van der Waals surface area contributed by atoms with Crippen LogP contribution in [0.15, 0.2) is 21.5 Å². The van der Waals surface area contributed by atoms with Gasteiger partial charge in [-0.25, -0.2) is 4.39 Å². The Hall–Kier alpha value is -1.20. The smallest absolute Gasteiger partial charge is 0.257 e. The number of halogens is 3. The zero-order chi connectivity index (χ0) is 14.6. The third-order valence-corrected chi connectivity index (χ3v) is 4.86. The molecular formula is C14H10BrClFNO2. The summed E-state index contributed by atoms with van der Waals surface area (Å²) in [4.78, 5) is 23.7. The molecule has 6 heteroatoms. The lowest BCUT2D eigenvalue weighted by atomic mass is 9.96. The average molecular weight is 359 g/mol. The zero-order valence-corrected chi connectivity index (χ0v) is 12.9. The Kier molecular flexibility index (Phi) is 3.21. The zero-order valence-electron chi connectivity index (χ0n) is 10.5. The van der Waals surface area contributed by atoms with Gasteiger partial charge in [-0.1, -0.05) is 0 Å². The van der Waals surface area contributed by atoms with Crippen molar-refractivity contribution in [2.45, 2.75) is 25.8 Å². The molecule has 1 aromatic heterocycles. The van der Waals surface area contributed by atoms with Crippen molar-refractivity contribution < 1.29 is 9.18 Å². The van der Waals surface area contributed by atoms with E-state index >= 15 is 0 Å². The predicted molar refractivity (Wildman–Crippen MR) is 79.1 cm³/mol. The van der Waals surface area contributed by atoms with E-state index in [-0.39, 0.29) is 17.0 Å². The van der Waals surface area contributed by atoms with Crippen LogP contribution in [-0.4, -0.2) is 9.81 Å². The van der Waals surface area contributed by atoms with Crippen molar-refractivity contribution in [2.24, 2.45) is 0 Å². The molecule has 2 aromatic rings.